The zero-order valence-corrected chi connectivity index (χ0v) is 9.36. The Balaban J connectivity index is 2.69. The molecule has 0 amide bonds. The molecule has 1 fully saturated rings. The van der Waals surface area contributed by atoms with Gasteiger partial charge >= 0.3 is 5.97 Å². The normalized spacial score (nSPS) is 35.8. The number of halogens is 3. The summed E-state index contributed by atoms with van der Waals surface area (Å²) in [5, 5.41) is 0. The summed E-state index contributed by atoms with van der Waals surface area (Å²) in [6.07, 6.45) is -1.42. The largest absolute Gasteiger partial charge is 0.431 e. The molecular weight excluding hydrogens is 238 g/mol. The van der Waals surface area contributed by atoms with Gasteiger partial charge in [-0.25, -0.2) is 0 Å². The molecule has 0 unspecified atom stereocenters. The summed E-state index contributed by atoms with van der Waals surface area (Å²) < 4.78 is 8.24. The Kier molecular flexibility index (Phi) is 3.33. The number of hydrogen-bond acceptors (Lipinski definition) is 3. The van der Waals surface area contributed by atoms with Crippen molar-refractivity contribution in [2.45, 2.75) is 30.0 Å². The van der Waals surface area contributed by atoms with E-state index < -0.39 is 16.1 Å². The van der Waals surface area contributed by atoms with Crippen LogP contribution < -0.4 is 0 Å². The monoisotopic (exact) mass is 246 g/mol. The number of esters is 1. The smallest absolute Gasteiger partial charge is 0.313 e. The summed E-state index contributed by atoms with van der Waals surface area (Å²) in [7, 11) is 0. The summed E-state index contributed by atoms with van der Waals surface area (Å²) in [4.78, 5) is 11.2. The molecule has 0 radical (unpaired) electrons. The molecule has 76 valence electrons. The molecule has 0 N–H and O–H groups in total. The topological polar surface area (TPSA) is 35.5 Å². The van der Waals surface area contributed by atoms with Crippen LogP contribution in [0.4, 0.5) is 0 Å². The van der Waals surface area contributed by atoms with Crippen molar-refractivity contribution >= 4 is 40.8 Å². The van der Waals surface area contributed by atoms with Gasteiger partial charge < -0.3 is 9.47 Å². The molecule has 3 nitrogen and oxygen atoms in total. The second-order valence-electron chi connectivity index (χ2n) is 2.94. The van der Waals surface area contributed by atoms with E-state index in [1.165, 1.54) is 0 Å². The average molecular weight is 248 g/mol. The molecule has 1 aliphatic heterocycles. The van der Waals surface area contributed by atoms with Crippen molar-refractivity contribution in [1.29, 1.82) is 0 Å². The molecule has 0 aromatic rings. The highest BCUT2D eigenvalue weighted by atomic mass is 35.6. The minimum Gasteiger partial charge on any atom is -0.431 e. The highest BCUT2D eigenvalue weighted by Gasteiger charge is 2.44. The van der Waals surface area contributed by atoms with E-state index in [2.05, 4.69) is 0 Å². The molecule has 0 bridgehead atoms. The van der Waals surface area contributed by atoms with Crippen molar-refractivity contribution in [3.63, 3.8) is 0 Å². The first kappa shape index (κ1) is 11.4. The van der Waals surface area contributed by atoms with Crippen LogP contribution >= 0.6 is 34.8 Å². The van der Waals surface area contributed by atoms with Crippen LogP contribution in [0, 0.1) is 5.92 Å². The number of hydrogen-bond donors (Lipinski definition) is 0. The van der Waals surface area contributed by atoms with E-state index in [4.69, 9.17) is 44.3 Å². The molecule has 0 saturated carbocycles. The van der Waals surface area contributed by atoms with Gasteiger partial charge in [0.2, 0.25) is 0 Å². The maximum absolute atomic E-state index is 11.2. The Labute approximate surface area is 91.2 Å². The predicted octanol–water partition coefficient (Wildman–Crippen LogP) is 2.28. The van der Waals surface area contributed by atoms with Crippen LogP contribution in [0.5, 0.6) is 0 Å². The summed E-state index contributed by atoms with van der Waals surface area (Å²) in [6, 6.07) is 0. The third-order valence-corrected chi connectivity index (χ3v) is 2.44. The van der Waals surface area contributed by atoms with Crippen molar-refractivity contribution in [3.05, 3.63) is 0 Å². The van der Waals surface area contributed by atoms with Crippen molar-refractivity contribution < 1.29 is 14.3 Å². The highest BCUT2D eigenvalue weighted by Crippen LogP contribution is 2.36. The van der Waals surface area contributed by atoms with E-state index >= 15 is 0 Å². The Hall–Kier alpha value is 0.300. The third-order valence-electron chi connectivity index (χ3n) is 1.90. The van der Waals surface area contributed by atoms with Gasteiger partial charge in [-0.3, -0.25) is 4.79 Å². The third kappa shape index (κ3) is 2.62. The maximum atomic E-state index is 11.2. The van der Waals surface area contributed by atoms with Crippen molar-refractivity contribution in [3.8, 4) is 0 Å². The molecule has 0 aliphatic carbocycles. The van der Waals surface area contributed by atoms with Gasteiger partial charge in [0.15, 0.2) is 0 Å². The lowest BCUT2D eigenvalue weighted by molar-refractivity contribution is -0.223. The number of carbonyl (C=O) groups is 1. The predicted molar refractivity (Wildman–Crippen MR) is 49.9 cm³/mol. The van der Waals surface area contributed by atoms with Crippen LogP contribution in [-0.2, 0) is 14.3 Å². The molecule has 1 heterocycles. The first-order valence-electron chi connectivity index (χ1n) is 3.75. The van der Waals surface area contributed by atoms with E-state index in [0.29, 0.717) is 0 Å². The summed E-state index contributed by atoms with van der Waals surface area (Å²) in [5.74, 6) is -0.737. The molecule has 0 aromatic carbocycles. The van der Waals surface area contributed by atoms with Crippen LogP contribution in [0.3, 0.4) is 0 Å². The lowest BCUT2D eigenvalue weighted by atomic mass is 10.1. The fourth-order valence-corrected chi connectivity index (χ4v) is 1.18. The summed E-state index contributed by atoms with van der Waals surface area (Å²) in [5.41, 5.74) is 0. The first-order valence-corrected chi connectivity index (χ1v) is 4.88. The standard InChI is InChI=1S/C7H9Cl3O3/c1-3-4(2)12-6(7(8,9)10)13-5(3)11/h3-4,6H,1-2H3/t3-,4+,6+/m1/s1. The highest BCUT2D eigenvalue weighted by molar-refractivity contribution is 6.68. The van der Waals surface area contributed by atoms with Crippen molar-refractivity contribution in [2.24, 2.45) is 5.92 Å². The van der Waals surface area contributed by atoms with E-state index in [0.717, 1.165) is 0 Å². The number of ether oxygens (including phenoxy) is 2. The molecular formula is C7H9Cl3O3. The summed E-state index contributed by atoms with van der Waals surface area (Å²) in [6.45, 7) is 3.43. The van der Waals surface area contributed by atoms with Crippen LogP contribution in [0.25, 0.3) is 0 Å². The van der Waals surface area contributed by atoms with Crippen LogP contribution in [-0.4, -0.2) is 22.2 Å². The Morgan fingerprint density at radius 3 is 2.23 bits per heavy atom. The fourth-order valence-electron chi connectivity index (χ4n) is 0.889. The van der Waals surface area contributed by atoms with Gasteiger partial charge in [0.25, 0.3) is 10.1 Å². The van der Waals surface area contributed by atoms with Gasteiger partial charge in [-0.1, -0.05) is 34.8 Å². The molecule has 1 saturated heterocycles. The zero-order valence-electron chi connectivity index (χ0n) is 7.09. The zero-order chi connectivity index (χ0) is 10.2. The quantitative estimate of drug-likeness (QED) is 0.487. The van der Waals surface area contributed by atoms with Gasteiger partial charge in [0.1, 0.15) is 0 Å². The van der Waals surface area contributed by atoms with Gasteiger partial charge in [0.05, 0.1) is 12.0 Å². The number of cyclic esters (lactones) is 1. The summed E-state index contributed by atoms with van der Waals surface area (Å²) >= 11 is 16.6. The lowest BCUT2D eigenvalue weighted by Crippen LogP contribution is -2.46. The first-order chi connectivity index (χ1) is 5.82. The van der Waals surface area contributed by atoms with Gasteiger partial charge in [-0.2, -0.15) is 0 Å². The number of alkyl halides is 3. The second-order valence-corrected chi connectivity index (χ2v) is 5.31. The van der Waals surface area contributed by atoms with Gasteiger partial charge in [-0.05, 0) is 13.8 Å². The van der Waals surface area contributed by atoms with E-state index in [1.54, 1.807) is 13.8 Å². The molecule has 0 aromatic heterocycles. The number of carbonyl (C=O) groups excluding carboxylic acids is 1. The second kappa shape index (κ2) is 3.81. The van der Waals surface area contributed by atoms with Gasteiger partial charge in [0, 0.05) is 0 Å². The van der Waals surface area contributed by atoms with Crippen molar-refractivity contribution in [1.82, 2.24) is 0 Å². The molecule has 1 rings (SSSR count). The van der Waals surface area contributed by atoms with Gasteiger partial charge in [-0.15, -0.1) is 0 Å². The molecule has 3 atom stereocenters. The molecule has 6 heteroatoms. The maximum Gasteiger partial charge on any atom is 0.313 e. The lowest BCUT2D eigenvalue weighted by Gasteiger charge is -2.34. The van der Waals surface area contributed by atoms with Crippen molar-refractivity contribution in [2.75, 3.05) is 0 Å². The Morgan fingerprint density at radius 2 is 1.85 bits per heavy atom. The van der Waals surface area contributed by atoms with E-state index in [1.807, 2.05) is 0 Å². The number of rotatable bonds is 0. The van der Waals surface area contributed by atoms with E-state index in [-0.39, 0.29) is 12.0 Å². The van der Waals surface area contributed by atoms with Crippen LogP contribution in [0.1, 0.15) is 13.8 Å². The Morgan fingerprint density at radius 1 is 1.31 bits per heavy atom. The fraction of sp³-hybridized carbons (Fsp3) is 0.857. The SMILES string of the molecule is C[C@@H]1O[C@H](C(Cl)(Cl)Cl)OC(=O)[C@@H]1C. The molecule has 0 spiro atoms. The Bertz CT molecular complexity index is 214. The molecule has 13 heavy (non-hydrogen) atoms. The minimum absolute atomic E-state index is 0.304. The molecule has 1 aliphatic rings. The van der Waals surface area contributed by atoms with E-state index in [9.17, 15) is 4.79 Å². The van der Waals surface area contributed by atoms with Crippen LogP contribution in [0.2, 0.25) is 0 Å². The van der Waals surface area contributed by atoms with Crippen LogP contribution in [0.15, 0.2) is 0 Å². The average Bonchev–Trinajstić information content (AvgIpc) is 1.97. The minimum atomic E-state index is -1.73.